The standard InChI is InChI=1S/C20H20FN5O2S/c21-14-6-5-9-16(12-14)28-18-11-4-3-10-17(18)22-19(27)13-29-20-23-24-25-26(20)15-7-1-2-8-15/h3-6,9-12,15H,1-2,7-8,13H2,(H,22,27). The zero-order valence-corrected chi connectivity index (χ0v) is 16.4. The van der Waals surface area contributed by atoms with E-state index in [1.54, 1.807) is 36.4 Å². The Morgan fingerprint density at radius 3 is 2.86 bits per heavy atom. The van der Waals surface area contributed by atoms with Gasteiger partial charge < -0.3 is 10.1 Å². The zero-order valence-electron chi connectivity index (χ0n) is 15.6. The summed E-state index contributed by atoms with van der Waals surface area (Å²) in [5.74, 6) is 0.372. The number of para-hydroxylation sites is 2. The van der Waals surface area contributed by atoms with Gasteiger partial charge >= 0.3 is 0 Å². The van der Waals surface area contributed by atoms with E-state index in [0.717, 1.165) is 12.8 Å². The number of nitrogens with zero attached hydrogens (tertiary/aromatic N) is 4. The number of hydrogen-bond donors (Lipinski definition) is 1. The SMILES string of the molecule is O=C(CSc1nnnn1C1CCCC1)Nc1ccccc1Oc1cccc(F)c1. The van der Waals surface area contributed by atoms with Gasteiger partial charge in [-0.25, -0.2) is 9.07 Å². The minimum Gasteiger partial charge on any atom is -0.455 e. The molecule has 0 unspecified atom stereocenters. The Kier molecular flexibility index (Phi) is 6.04. The van der Waals surface area contributed by atoms with E-state index in [9.17, 15) is 9.18 Å². The summed E-state index contributed by atoms with van der Waals surface area (Å²) >= 11 is 1.30. The lowest BCUT2D eigenvalue weighted by Crippen LogP contribution is -2.16. The van der Waals surface area contributed by atoms with E-state index in [0.29, 0.717) is 28.4 Å². The molecule has 0 radical (unpaired) electrons. The van der Waals surface area contributed by atoms with Crippen molar-refractivity contribution in [3.8, 4) is 11.5 Å². The molecule has 1 aliphatic rings. The second-order valence-corrected chi connectivity index (χ2v) is 7.68. The summed E-state index contributed by atoms with van der Waals surface area (Å²) in [4.78, 5) is 12.5. The topological polar surface area (TPSA) is 81.9 Å². The average Bonchev–Trinajstić information content (AvgIpc) is 3.39. The molecule has 0 bridgehead atoms. The Morgan fingerprint density at radius 2 is 2.03 bits per heavy atom. The monoisotopic (exact) mass is 413 g/mol. The van der Waals surface area contributed by atoms with Gasteiger partial charge in [0.15, 0.2) is 5.75 Å². The fourth-order valence-corrected chi connectivity index (χ4v) is 4.04. The van der Waals surface area contributed by atoms with E-state index < -0.39 is 0 Å². The van der Waals surface area contributed by atoms with Crippen LogP contribution in [0.25, 0.3) is 0 Å². The molecule has 29 heavy (non-hydrogen) atoms. The van der Waals surface area contributed by atoms with Crippen LogP contribution in [0, 0.1) is 5.82 Å². The van der Waals surface area contributed by atoms with E-state index in [2.05, 4.69) is 20.8 Å². The largest absolute Gasteiger partial charge is 0.455 e. The molecule has 3 aromatic rings. The Balaban J connectivity index is 1.38. The first-order valence-corrected chi connectivity index (χ1v) is 10.4. The number of carbonyl (C=O) groups excluding carboxylic acids is 1. The fourth-order valence-electron chi connectivity index (χ4n) is 3.29. The number of aromatic nitrogens is 4. The molecule has 1 heterocycles. The minimum absolute atomic E-state index is 0.168. The molecule has 1 aromatic heterocycles. The number of benzene rings is 2. The molecule has 150 valence electrons. The lowest BCUT2D eigenvalue weighted by Gasteiger charge is -2.13. The van der Waals surface area contributed by atoms with Crippen LogP contribution in [0.2, 0.25) is 0 Å². The highest BCUT2D eigenvalue weighted by molar-refractivity contribution is 7.99. The predicted molar refractivity (Wildman–Crippen MR) is 108 cm³/mol. The number of rotatable bonds is 7. The number of carbonyl (C=O) groups is 1. The van der Waals surface area contributed by atoms with Gasteiger partial charge in [-0.1, -0.05) is 42.8 Å². The highest BCUT2D eigenvalue weighted by atomic mass is 32.2. The number of anilines is 1. The van der Waals surface area contributed by atoms with Crippen molar-refractivity contribution < 1.29 is 13.9 Å². The number of thioether (sulfide) groups is 1. The maximum atomic E-state index is 13.4. The van der Waals surface area contributed by atoms with Crippen LogP contribution in [0.4, 0.5) is 10.1 Å². The summed E-state index contributed by atoms with van der Waals surface area (Å²) in [7, 11) is 0. The van der Waals surface area contributed by atoms with Gasteiger partial charge in [0.05, 0.1) is 17.5 Å². The molecule has 1 N–H and O–H groups in total. The summed E-state index contributed by atoms with van der Waals surface area (Å²) in [6, 6.07) is 13.2. The molecule has 0 spiro atoms. The summed E-state index contributed by atoms with van der Waals surface area (Å²) < 4.78 is 20.9. The normalized spacial score (nSPS) is 14.1. The summed E-state index contributed by atoms with van der Waals surface area (Å²) in [6.07, 6.45) is 4.49. The van der Waals surface area contributed by atoms with Crippen LogP contribution >= 0.6 is 11.8 Å². The van der Waals surface area contributed by atoms with E-state index in [-0.39, 0.29) is 17.5 Å². The molecular formula is C20H20FN5O2S. The van der Waals surface area contributed by atoms with Gasteiger partial charge in [0, 0.05) is 6.07 Å². The summed E-state index contributed by atoms with van der Waals surface area (Å²) in [5, 5.41) is 15.4. The molecule has 9 heteroatoms. The molecule has 0 saturated heterocycles. The van der Waals surface area contributed by atoms with Crippen molar-refractivity contribution in [3.05, 3.63) is 54.3 Å². The van der Waals surface area contributed by atoms with Crippen LogP contribution < -0.4 is 10.1 Å². The van der Waals surface area contributed by atoms with Crippen molar-refractivity contribution in [2.24, 2.45) is 0 Å². The highest BCUT2D eigenvalue weighted by Crippen LogP contribution is 2.32. The second-order valence-electron chi connectivity index (χ2n) is 6.74. The van der Waals surface area contributed by atoms with E-state index in [4.69, 9.17) is 4.74 Å². The highest BCUT2D eigenvalue weighted by Gasteiger charge is 2.22. The average molecular weight is 413 g/mol. The van der Waals surface area contributed by atoms with E-state index in [1.165, 1.54) is 36.7 Å². The van der Waals surface area contributed by atoms with Gasteiger partial charge in [-0.05, 0) is 47.5 Å². The molecule has 0 aliphatic heterocycles. The molecule has 1 amide bonds. The van der Waals surface area contributed by atoms with Crippen LogP contribution in [-0.2, 0) is 4.79 Å². The van der Waals surface area contributed by atoms with Crippen LogP contribution in [0.3, 0.4) is 0 Å². The molecule has 2 aromatic carbocycles. The summed E-state index contributed by atoms with van der Waals surface area (Å²) in [5.41, 5.74) is 0.512. The van der Waals surface area contributed by atoms with Crippen LogP contribution in [0.1, 0.15) is 31.7 Å². The first kappa shape index (κ1) is 19.4. The molecule has 4 rings (SSSR count). The van der Waals surface area contributed by atoms with E-state index in [1.807, 2.05) is 4.68 Å². The number of halogens is 1. The molecular weight excluding hydrogens is 393 g/mol. The van der Waals surface area contributed by atoms with Crippen molar-refractivity contribution >= 4 is 23.4 Å². The Bertz CT molecular complexity index is 990. The quantitative estimate of drug-likeness (QED) is 0.576. The van der Waals surface area contributed by atoms with Crippen LogP contribution in [0.15, 0.2) is 53.7 Å². The van der Waals surface area contributed by atoms with Crippen molar-refractivity contribution in [1.29, 1.82) is 0 Å². The zero-order chi connectivity index (χ0) is 20.1. The van der Waals surface area contributed by atoms with Crippen molar-refractivity contribution in [1.82, 2.24) is 20.2 Å². The smallest absolute Gasteiger partial charge is 0.234 e. The number of hydrogen-bond acceptors (Lipinski definition) is 6. The molecule has 1 fully saturated rings. The molecule has 0 atom stereocenters. The second kappa shape index (κ2) is 9.04. The number of ether oxygens (including phenoxy) is 1. The van der Waals surface area contributed by atoms with Gasteiger partial charge in [0.25, 0.3) is 0 Å². The van der Waals surface area contributed by atoms with Gasteiger partial charge in [-0.2, -0.15) is 0 Å². The number of tetrazole rings is 1. The van der Waals surface area contributed by atoms with Gasteiger partial charge in [-0.15, -0.1) is 5.10 Å². The van der Waals surface area contributed by atoms with Crippen molar-refractivity contribution in [2.75, 3.05) is 11.1 Å². The fraction of sp³-hybridized carbons (Fsp3) is 0.300. The maximum Gasteiger partial charge on any atom is 0.234 e. The third-order valence-corrected chi connectivity index (χ3v) is 5.58. The lowest BCUT2D eigenvalue weighted by molar-refractivity contribution is -0.113. The minimum atomic E-state index is -0.389. The maximum absolute atomic E-state index is 13.4. The number of nitrogens with one attached hydrogen (secondary N) is 1. The Labute approximate surface area is 171 Å². The predicted octanol–water partition coefficient (Wildman–Crippen LogP) is 4.45. The summed E-state index contributed by atoms with van der Waals surface area (Å²) in [6.45, 7) is 0. The van der Waals surface area contributed by atoms with E-state index >= 15 is 0 Å². The van der Waals surface area contributed by atoms with Gasteiger partial charge in [0.2, 0.25) is 11.1 Å². The molecule has 1 saturated carbocycles. The van der Waals surface area contributed by atoms with Crippen molar-refractivity contribution in [2.45, 2.75) is 36.9 Å². The van der Waals surface area contributed by atoms with Crippen molar-refractivity contribution in [3.63, 3.8) is 0 Å². The Hall–Kier alpha value is -2.94. The molecule has 7 nitrogen and oxygen atoms in total. The number of amides is 1. The molecule has 1 aliphatic carbocycles. The van der Waals surface area contributed by atoms with Crippen LogP contribution in [-0.4, -0.2) is 31.9 Å². The first-order valence-electron chi connectivity index (χ1n) is 9.42. The third-order valence-electron chi connectivity index (χ3n) is 4.65. The van der Waals surface area contributed by atoms with Gasteiger partial charge in [-0.3, -0.25) is 4.79 Å². The lowest BCUT2D eigenvalue weighted by atomic mass is 10.3. The first-order chi connectivity index (χ1) is 14.2. The van der Waals surface area contributed by atoms with Crippen LogP contribution in [0.5, 0.6) is 11.5 Å². The van der Waals surface area contributed by atoms with Gasteiger partial charge in [0.1, 0.15) is 11.6 Å². The third kappa shape index (κ3) is 4.92. The Morgan fingerprint density at radius 1 is 1.21 bits per heavy atom.